The van der Waals surface area contributed by atoms with Crippen LogP contribution in [0.25, 0.3) is 16.5 Å². The molecule has 2 aromatic rings. The summed E-state index contributed by atoms with van der Waals surface area (Å²) in [6.07, 6.45) is 12.6. The molecule has 0 fully saturated rings. The molecule has 1 aromatic heterocycles. The van der Waals surface area contributed by atoms with Gasteiger partial charge in [-0.2, -0.15) is 0 Å². The Morgan fingerprint density at radius 1 is 1.11 bits per heavy atom. The molecule has 1 aromatic carbocycles. The van der Waals surface area contributed by atoms with E-state index >= 15 is 0 Å². The number of nitrogens with two attached hydrogens (primary N) is 1. The molecule has 0 aliphatic heterocycles. The quantitative estimate of drug-likeness (QED) is 0.492. The van der Waals surface area contributed by atoms with Crippen molar-refractivity contribution in [2.24, 2.45) is 5.73 Å². The van der Waals surface area contributed by atoms with Crippen molar-refractivity contribution in [3.05, 3.63) is 59.6 Å². The number of nitrogens with zero attached hydrogens (tertiary/aromatic N) is 1. The Morgan fingerprint density at radius 3 is 2.54 bits per heavy atom. The van der Waals surface area contributed by atoms with E-state index in [0.29, 0.717) is 6.42 Å². The third kappa shape index (κ3) is 6.52. The topological polar surface area (TPSA) is 68.0 Å². The van der Waals surface area contributed by atoms with Crippen molar-refractivity contribution in [1.82, 2.24) is 10.3 Å². The first kappa shape index (κ1) is 21.7. The molecule has 0 spiro atoms. The molecule has 0 saturated carbocycles. The normalized spacial score (nSPS) is 12.8. The molecule has 150 valence electrons. The molecule has 4 heteroatoms. The van der Waals surface area contributed by atoms with Gasteiger partial charge < -0.3 is 11.1 Å². The molecule has 0 bridgehead atoms. The Bertz CT molecular complexity index is 852. The van der Waals surface area contributed by atoms with E-state index in [4.69, 9.17) is 5.73 Å². The Hall–Kier alpha value is -2.62. The van der Waals surface area contributed by atoms with Gasteiger partial charge in [-0.05, 0) is 62.6 Å². The number of allylic oxidation sites excluding steroid dienone is 3. The molecular formula is C24H33N3O. The van der Waals surface area contributed by atoms with Crippen LogP contribution in [0.1, 0.15) is 71.3 Å². The summed E-state index contributed by atoms with van der Waals surface area (Å²) in [5, 5.41) is 6.04. The monoisotopic (exact) mass is 379 g/mol. The second kappa shape index (κ2) is 11.3. The van der Waals surface area contributed by atoms with Crippen LogP contribution in [0.2, 0.25) is 0 Å². The Labute approximate surface area is 168 Å². The smallest absolute Gasteiger partial charge is 0.217 e. The van der Waals surface area contributed by atoms with Crippen LogP contribution < -0.4 is 11.1 Å². The fourth-order valence-corrected chi connectivity index (χ4v) is 3.28. The van der Waals surface area contributed by atoms with Crippen molar-refractivity contribution in [2.75, 3.05) is 0 Å². The molecule has 0 aliphatic rings. The summed E-state index contributed by atoms with van der Waals surface area (Å²) >= 11 is 0. The predicted molar refractivity (Wildman–Crippen MR) is 118 cm³/mol. The lowest BCUT2D eigenvalue weighted by Gasteiger charge is -2.18. The second-order valence-electron chi connectivity index (χ2n) is 7.26. The summed E-state index contributed by atoms with van der Waals surface area (Å²) in [6, 6.07) is 8.53. The lowest BCUT2D eigenvalue weighted by atomic mass is 10.0. The van der Waals surface area contributed by atoms with E-state index in [1.807, 2.05) is 18.5 Å². The average molecular weight is 380 g/mol. The van der Waals surface area contributed by atoms with E-state index in [1.54, 1.807) is 0 Å². The van der Waals surface area contributed by atoms with Gasteiger partial charge in [0.15, 0.2) is 0 Å². The number of hydrogen-bond acceptors (Lipinski definition) is 3. The van der Waals surface area contributed by atoms with Crippen LogP contribution in [0, 0.1) is 0 Å². The molecule has 1 amide bonds. The molecule has 0 radical (unpaired) electrons. The van der Waals surface area contributed by atoms with Gasteiger partial charge in [-0.3, -0.25) is 9.78 Å². The average Bonchev–Trinajstić information content (AvgIpc) is 2.71. The fourth-order valence-electron chi connectivity index (χ4n) is 3.28. The van der Waals surface area contributed by atoms with Crippen molar-refractivity contribution in [2.45, 2.75) is 65.7 Å². The standard InChI is InChI=1S/C24H33N3O/c1-4-18(3)23(10-8-6-7-9-11-24(25)28)27-22(5-2)20-13-12-19-14-15-26-17-21(19)16-20/h5,12-17,27H,4,6-11H2,1-3H3,(H2,25,28)/b22-5-,23-18-. The van der Waals surface area contributed by atoms with Gasteiger partial charge in [-0.1, -0.05) is 43.5 Å². The van der Waals surface area contributed by atoms with Crippen LogP contribution in [0.3, 0.4) is 0 Å². The molecule has 2 rings (SSSR count). The van der Waals surface area contributed by atoms with Gasteiger partial charge in [0.25, 0.3) is 0 Å². The van der Waals surface area contributed by atoms with Crippen molar-refractivity contribution in [1.29, 1.82) is 0 Å². The van der Waals surface area contributed by atoms with Gasteiger partial charge in [0.2, 0.25) is 5.91 Å². The van der Waals surface area contributed by atoms with Gasteiger partial charge in [-0.15, -0.1) is 0 Å². The number of benzene rings is 1. The second-order valence-corrected chi connectivity index (χ2v) is 7.26. The summed E-state index contributed by atoms with van der Waals surface area (Å²) in [6.45, 7) is 6.46. The van der Waals surface area contributed by atoms with E-state index in [1.165, 1.54) is 22.2 Å². The molecular weight excluding hydrogens is 346 g/mol. The van der Waals surface area contributed by atoms with Crippen LogP contribution >= 0.6 is 0 Å². The third-order valence-corrected chi connectivity index (χ3v) is 5.17. The zero-order chi connectivity index (χ0) is 20.4. The van der Waals surface area contributed by atoms with E-state index < -0.39 is 0 Å². The molecule has 1 heterocycles. The number of carbonyl (C=O) groups is 1. The lowest BCUT2D eigenvalue weighted by Crippen LogP contribution is -2.14. The number of amides is 1. The number of aromatic nitrogens is 1. The summed E-state index contributed by atoms with van der Waals surface area (Å²) in [5.41, 5.74) is 10.2. The van der Waals surface area contributed by atoms with E-state index in [2.05, 4.69) is 55.3 Å². The third-order valence-electron chi connectivity index (χ3n) is 5.17. The van der Waals surface area contributed by atoms with Crippen molar-refractivity contribution >= 4 is 22.4 Å². The summed E-state index contributed by atoms with van der Waals surface area (Å²) in [7, 11) is 0. The first-order valence-corrected chi connectivity index (χ1v) is 10.3. The van der Waals surface area contributed by atoms with Crippen molar-refractivity contribution < 1.29 is 4.79 Å². The number of primary amides is 1. The van der Waals surface area contributed by atoms with Crippen LogP contribution in [-0.2, 0) is 4.79 Å². The number of pyridine rings is 1. The zero-order valence-corrected chi connectivity index (χ0v) is 17.4. The van der Waals surface area contributed by atoms with E-state index in [-0.39, 0.29) is 5.91 Å². The summed E-state index contributed by atoms with van der Waals surface area (Å²) < 4.78 is 0. The van der Waals surface area contributed by atoms with Crippen LogP contribution in [0.15, 0.2) is 54.0 Å². The SMILES string of the molecule is C/C=C(\N/C(CCCCCCC(N)=O)=C(/C)CC)c1ccc2ccncc2c1. The first-order chi connectivity index (χ1) is 13.5. The molecule has 0 saturated heterocycles. The fraction of sp³-hybridized carbons (Fsp3) is 0.417. The summed E-state index contributed by atoms with van der Waals surface area (Å²) in [4.78, 5) is 15.1. The Kier molecular flexibility index (Phi) is 8.73. The number of hydrogen-bond donors (Lipinski definition) is 2. The Morgan fingerprint density at radius 2 is 1.86 bits per heavy atom. The maximum atomic E-state index is 10.8. The van der Waals surface area contributed by atoms with Crippen LogP contribution in [0.5, 0.6) is 0 Å². The molecule has 28 heavy (non-hydrogen) atoms. The maximum absolute atomic E-state index is 10.8. The first-order valence-electron chi connectivity index (χ1n) is 10.3. The minimum absolute atomic E-state index is 0.201. The number of carbonyl (C=O) groups excluding carboxylic acids is 1. The van der Waals surface area contributed by atoms with Gasteiger partial charge in [0, 0.05) is 35.6 Å². The molecule has 0 atom stereocenters. The molecule has 3 N–H and O–H groups in total. The number of unbranched alkanes of at least 4 members (excludes halogenated alkanes) is 3. The zero-order valence-electron chi connectivity index (χ0n) is 17.4. The largest absolute Gasteiger partial charge is 0.370 e. The predicted octanol–water partition coefficient (Wildman–Crippen LogP) is 5.70. The van der Waals surface area contributed by atoms with Gasteiger partial charge in [-0.25, -0.2) is 0 Å². The highest BCUT2D eigenvalue weighted by Gasteiger charge is 2.08. The minimum atomic E-state index is -0.201. The highest BCUT2D eigenvalue weighted by Crippen LogP contribution is 2.23. The van der Waals surface area contributed by atoms with Gasteiger partial charge in [0.05, 0.1) is 0 Å². The van der Waals surface area contributed by atoms with E-state index in [9.17, 15) is 4.79 Å². The van der Waals surface area contributed by atoms with Gasteiger partial charge in [0.1, 0.15) is 0 Å². The molecule has 0 aliphatic carbocycles. The van der Waals surface area contributed by atoms with Crippen molar-refractivity contribution in [3.8, 4) is 0 Å². The Balaban J connectivity index is 2.04. The van der Waals surface area contributed by atoms with Crippen molar-refractivity contribution in [3.63, 3.8) is 0 Å². The van der Waals surface area contributed by atoms with Crippen LogP contribution in [-0.4, -0.2) is 10.9 Å². The maximum Gasteiger partial charge on any atom is 0.217 e. The molecule has 4 nitrogen and oxygen atoms in total. The number of nitrogens with one attached hydrogen (secondary N) is 1. The van der Waals surface area contributed by atoms with Crippen LogP contribution in [0.4, 0.5) is 0 Å². The van der Waals surface area contributed by atoms with E-state index in [0.717, 1.165) is 49.6 Å². The highest BCUT2D eigenvalue weighted by atomic mass is 16.1. The highest BCUT2D eigenvalue weighted by molar-refractivity contribution is 5.85. The minimum Gasteiger partial charge on any atom is -0.370 e. The number of rotatable bonds is 11. The summed E-state index contributed by atoms with van der Waals surface area (Å²) in [5.74, 6) is -0.201. The molecule has 0 unspecified atom stereocenters. The lowest BCUT2D eigenvalue weighted by molar-refractivity contribution is -0.118. The van der Waals surface area contributed by atoms with Gasteiger partial charge >= 0.3 is 0 Å². The number of fused-ring (bicyclic) bond motifs is 1.